The molecule has 0 aromatic carbocycles. The number of allylic oxidation sites excluding steroid dienone is 4. The number of nitrogens with zero attached hydrogens (tertiary/aromatic N) is 2. The molecule has 0 fully saturated rings. The molecule has 0 spiro atoms. The van der Waals surface area contributed by atoms with Gasteiger partial charge in [-0.1, -0.05) is 66.2 Å². The minimum atomic E-state index is -0.979. The second-order valence-corrected chi connectivity index (χ2v) is 11.3. The molecule has 0 aliphatic heterocycles. The third-order valence-corrected chi connectivity index (χ3v) is 7.02. The van der Waals surface area contributed by atoms with Gasteiger partial charge in [-0.25, -0.2) is 9.59 Å². The predicted molar refractivity (Wildman–Crippen MR) is 185 cm³/mol. The molecule has 6 N–H and O–H groups in total. The van der Waals surface area contributed by atoms with Crippen molar-refractivity contribution in [2.45, 2.75) is 131 Å². The van der Waals surface area contributed by atoms with Crippen LogP contribution >= 0.6 is 0 Å². The summed E-state index contributed by atoms with van der Waals surface area (Å²) < 4.78 is 0. The van der Waals surface area contributed by atoms with Gasteiger partial charge in [0, 0.05) is 51.4 Å². The van der Waals surface area contributed by atoms with Gasteiger partial charge < -0.3 is 51.1 Å². The zero-order chi connectivity index (χ0) is 35.3. The van der Waals surface area contributed by atoms with E-state index in [2.05, 4.69) is 17.6 Å². The van der Waals surface area contributed by atoms with Gasteiger partial charge in [0.1, 0.15) is 23.6 Å². The van der Waals surface area contributed by atoms with E-state index in [1.54, 1.807) is 24.9 Å². The van der Waals surface area contributed by atoms with Gasteiger partial charge in [0.2, 0.25) is 0 Å². The fourth-order valence-corrected chi connectivity index (χ4v) is 3.85. The van der Waals surface area contributed by atoms with Crippen molar-refractivity contribution in [2.75, 3.05) is 26.2 Å². The summed E-state index contributed by atoms with van der Waals surface area (Å²) in [7, 11) is 0. The first-order chi connectivity index (χ1) is 21.8. The third-order valence-electron chi connectivity index (χ3n) is 7.02. The molecule has 0 amide bonds. The van der Waals surface area contributed by atoms with E-state index < -0.39 is 24.0 Å². The van der Waals surface area contributed by atoms with Gasteiger partial charge in [-0.05, 0) is 51.9 Å². The predicted octanol–water partition coefficient (Wildman–Crippen LogP) is 4.28. The monoisotopic (exact) mass is 694 g/mol. The molecule has 0 rings (SSSR count). The largest absolute Gasteiger partial charge is 2.00 e. The summed E-state index contributed by atoms with van der Waals surface area (Å²) in [6.07, 6.45) is 15.3. The van der Waals surface area contributed by atoms with Crippen molar-refractivity contribution in [1.29, 1.82) is 0 Å². The van der Waals surface area contributed by atoms with Crippen LogP contribution in [0.3, 0.4) is 0 Å². The van der Waals surface area contributed by atoms with Gasteiger partial charge in [-0.15, -0.1) is 11.5 Å². The molecule has 0 saturated heterocycles. The minimum absolute atomic E-state index is 0. The van der Waals surface area contributed by atoms with Crippen molar-refractivity contribution in [3.63, 3.8) is 0 Å². The summed E-state index contributed by atoms with van der Waals surface area (Å²) in [5.74, 6) is -1.46. The molecule has 2 unspecified atom stereocenters. The van der Waals surface area contributed by atoms with Crippen molar-refractivity contribution in [3.05, 3.63) is 47.8 Å². The second kappa shape index (κ2) is 32.1. The fraction of sp³-hybridized carbons (Fsp3) is 0.706. The Labute approximate surface area is 313 Å². The van der Waals surface area contributed by atoms with E-state index in [0.29, 0.717) is 57.6 Å². The summed E-state index contributed by atoms with van der Waals surface area (Å²) in [5.41, 5.74) is 0. The van der Waals surface area contributed by atoms with Crippen molar-refractivity contribution >= 4 is 49.7 Å². The molecule has 0 radical (unpaired) electrons. The molecule has 0 aromatic rings. The topological polar surface area (TPSA) is 192 Å². The standard InChI is InChI=1S/2C17H32N2O4.Ca/c2*1-4-6-8-15(20)12-18-10-11-19(14(3)17(22)23)13-16(21)9-7-5-2;/h2*12-14,18,20-21H,4-11H2,1-3H3,(H,22,23);/q;;+2/p-2/b2*15-12-,16-13-;. The molecule has 47 heavy (non-hydrogen) atoms. The van der Waals surface area contributed by atoms with Gasteiger partial charge in [0.15, 0.2) is 0 Å². The van der Waals surface area contributed by atoms with Crippen LogP contribution in [0, 0.1) is 0 Å². The van der Waals surface area contributed by atoms with E-state index >= 15 is 0 Å². The van der Waals surface area contributed by atoms with Gasteiger partial charge >= 0.3 is 49.7 Å². The fourth-order valence-electron chi connectivity index (χ4n) is 3.85. The number of unbranched alkanes of at least 4 members (excludes halogenated alkanes) is 4. The average Bonchev–Trinajstić information content (AvgIpc) is 3.02. The van der Waals surface area contributed by atoms with Crippen LogP contribution in [0.1, 0.15) is 119 Å². The zero-order valence-electron chi connectivity index (χ0n) is 29.8. The number of carboxylic acids is 2. The van der Waals surface area contributed by atoms with Crippen molar-refractivity contribution in [2.24, 2.45) is 0 Å². The molecular formula is C34H62CaN4O8. The number of carboxylic acid groups (broad SMARTS) is 2. The van der Waals surface area contributed by atoms with Crippen molar-refractivity contribution in [3.8, 4) is 0 Å². The Morgan fingerprint density at radius 2 is 1.00 bits per heavy atom. The first-order valence-corrected chi connectivity index (χ1v) is 16.8. The van der Waals surface area contributed by atoms with E-state index in [1.165, 1.54) is 23.5 Å². The quantitative estimate of drug-likeness (QED) is 0.0429. The number of aliphatic carboxylic acids is 2. The van der Waals surface area contributed by atoms with E-state index in [9.17, 15) is 30.0 Å². The number of aliphatic hydroxyl groups is 2. The Kier molecular flexibility index (Phi) is 33.5. The van der Waals surface area contributed by atoms with Gasteiger partial charge in [-0.2, -0.15) is 0 Å². The molecule has 2 atom stereocenters. The van der Waals surface area contributed by atoms with Crippen molar-refractivity contribution in [1.82, 2.24) is 20.4 Å². The average molecular weight is 695 g/mol. The molecule has 0 bridgehead atoms. The Balaban J connectivity index is -0.000000807. The molecule has 268 valence electrons. The summed E-state index contributed by atoms with van der Waals surface area (Å²) >= 11 is 0. The van der Waals surface area contributed by atoms with Crippen LogP contribution in [-0.2, 0) is 9.59 Å². The Morgan fingerprint density at radius 3 is 1.45 bits per heavy atom. The van der Waals surface area contributed by atoms with E-state index in [1.807, 2.05) is 20.8 Å². The van der Waals surface area contributed by atoms with Crippen LogP contribution in [0.4, 0.5) is 0 Å². The maximum Gasteiger partial charge on any atom is 2.00 e. The number of nitrogens with one attached hydrogen (secondary N) is 2. The second-order valence-electron chi connectivity index (χ2n) is 11.3. The van der Waals surface area contributed by atoms with E-state index in [0.717, 1.165) is 51.4 Å². The van der Waals surface area contributed by atoms with Crippen LogP contribution in [0.25, 0.3) is 0 Å². The van der Waals surface area contributed by atoms with Crippen molar-refractivity contribution < 1.29 is 40.2 Å². The Hall–Kier alpha value is -2.44. The Morgan fingerprint density at radius 1 is 0.617 bits per heavy atom. The van der Waals surface area contributed by atoms with Gasteiger partial charge in [-0.3, -0.25) is 0 Å². The number of hydrogen-bond acceptors (Lipinski definition) is 10. The summed E-state index contributed by atoms with van der Waals surface area (Å²) in [6.45, 7) is 12.9. The van der Waals surface area contributed by atoms with E-state index in [-0.39, 0.29) is 55.0 Å². The molecule has 12 nitrogen and oxygen atoms in total. The first-order valence-electron chi connectivity index (χ1n) is 16.8. The maximum atomic E-state index is 11.8. The number of rotatable bonds is 26. The van der Waals surface area contributed by atoms with Crippen LogP contribution in [0.2, 0.25) is 0 Å². The van der Waals surface area contributed by atoms with Crippen LogP contribution in [0.15, 0.2) is 47.8 Å². The SMILES string of the molecule is CCCC/C(O)=C/NCCN(/C=C(\O)CCCC)C(C)C(=O)O.CCCC/C([O-])=C/NCCN(/C=C(\[O-])CCCC)C(C)C(=O)O.[Ca+2]. The molecule has 0 heterocycles. The molecule has 0 aliphatic rings. The number of hydrogen-bond donors (Lipinski definition) is 6. The third kappa shape index (κ3) is 28.3. The van der Waals surface area contributed by atoms with Gasteiger partial charge in [0.25, 0.3) is 0 Å². The molecule has 13 heteroatoms. The summed E-state index contributed by atoms with van der Waals surface area (Å²) in [5, 5.41) is 67.0. The van der Waals surface area contributed by atoms with Crippen LogP contribution in [-0.4, -0.2) is 118 Å². The number of aliphatic hydroxyl groups excluding tert-OH is 2. The Bertz CT molecular complexity index is 869. The first kappa shape index (κ1) is 49.0. The smallest absolute Gasteiger partial charge is 0.874 e. The molecule has 0 aliphatic carbocycles. The van der Waals surface area contributed by atoms with E-state index in [4.69, 9.17) is 10.2 Å². The van der Waals surface area contributed by atoms with Crippen LogP contribution in [0.5, 0.6) is 0 Å². The molecular weight excluding hydrogens is 632 g/mol. The summed E-state index contributed by atoms with van der Waals surface area (Å²) in [4.78, 5) is 25.4. The minimum Gasteiger partial charge on any atom is -0.874 e. The normalized spacial score (nSPS) is 13.4. The zero-order valence-corrected chi connectivity index (χ0v) is 32.0. The summed E-state index contributed by atoms with van der Waals surface area (Å²) in [6, 6.07) is -1.50. The van der Waals surface area contributed by atoms with Gasteiger partial charge in [0.05, 0.1) is 0 Å². The number of carbonyl (C=O) groups is 2. The van der Waals surface area contributed by atoms with Crippen LogP contribution < -0.4 is 20.8 Å². The molecule has 0 saturated carbocycles. The maximum absolute atomic E-state index is 11.8. The molecule has 0 aromatic heterocycles.